The lowest BCUT2D eigenvalue weighted by atomic mass is 10.0. The molecule has 5 rings (SSSR count). The summed E-state index contributed by atoms with van der Waals surface area (Å²) in [5, 5.41) is 0. The Balaban J connectivity index is 1.26. The van der Waals surface area contributed by atoms with Gasteiger partial charge in [-0.15, -0.1) is 0 Å². The van der Waals surface area contributed by atoms with Gasteiger partial charge in [-0.2, -0.15) is 18.1 Å². The standard InChI is InChI=1S/C27H29F3N2O3S/c28-27(29,30)23-17-19(3-7-25(23)36-22-5-6-24-20(18-22)11-16-34-35-24)4-8-26(33)32-14-9-21(10-15-32)31-12-1-2-13-31/h3-8,17-18,21H,1-2,9-16H2. The maximum absolute atomic E-state index is 13.9. The van der Waals surface area contributed by atoms with Gasteiger partial charge in [0.1, 0.15) is 0 Å². The van der Waals surface area contributed by atoms with E-state index in [1.165, 1.54) is 31.1 Å². The third-order valence-electron chi connectivity index (χ3n) is 7.02. The van der Waals surface area contributed by atoms with Gasteiger partial charge in [0, 0.05) is 47.0 Å². The zero-order valence-electron chi connectivity index (χ0n) is 19.9. The van der Waals surface area contributed by atoms with E-state index >= 15 is 0 Å². The molecule has 0 bridgehead atoms. The number of carbonyl (C=O) groups excluding carboxylic acids is 1. The molecule has 0 saturated carbocycles. The van der Waals surface area contributed by atoms with Crippen molar-refractivity contribution in [3.8, 4) is 5.75 Å². The molecular formula is C27H29F3N2O3S. The summed E-state index contributed by atoms with van der Waals surface area (Å²) in [4.78, 5) is 27.9. The predicted octanol–water partition coefficient (Wildman–Crippen LogP) is 5.82. The lowest BCUT2D eigenvalue weighted by Crippen LogP contribution is -2.45. The Kier molecular flexibility index (Phi) is 7.60. The average molecular weight is 519 g/mol. The molecule has 36 heavy (non-hydrogen) atoms. The number of fused-ring (bicyclic) bond motifs is 1. The van der Waals surface area contributed by atoms with Crippen LogP contribution in [-0.4, -0.2) is 54.5 Å². The van der Waals surface area contributed by atoms with Crippen molar-refractivity contribution >= 4 is 23.7 Å². The normalized spacial score (nSPS) is 19.5. The van der Waals surface area contributed by atoms with Crippen molar-refractivity contribution < 1.29 is 27.7 Å². The second-order valence-electron chi connectivity index (χ2n) is 9.41. The van der Waals surface area contributed by atoms with E-state index in [-0.39, 0.29) is 10.8 Å². The molecule has 3 aliphatic rings. The van der Waals surface area contributed by atoms with Crippen LogP contribution in [0.25, 0.3) is 6.08 Å². The zero-order valence-corrected chi connectivity index (χ0v) is 20.7. The molecule has 0 radical (unpaired) electrons. The number of likely N-dealkylation sites (tertiary alicyclic amines) is 2. The Morgan fingerprint density at radius 2 is 1.81 bits per heavy atom. The lowest BCUT2D eigenvalue weighted by molar-refractivity contribution is -0.215. The van der Waals surface area contributed by atoms with Gasteiger partial charge in [-0.3, -0.25) is 4.79 Å². The zero-order chi connectivity index (χ0) is 25.1. The number of rotatable bonds is 5. The highest BCUT2D eigenvalue weighted by molar-refractivity contribution is 7.99. The lowest BCUT2D eigenvalue weighted by Gasteiger charge is -2.36. The third-order valence-corrected chi connectivity index (χ3v) is 8.09. The topological polar surface area (TPSA) is 42.0 Å². The van der Waals surface area contributed by atoms with Crippen molar-refractivity contribution in [1.82, 2.24) is 9.80 Å². The van der Waals surface area contributed by atoms with Gasteiger partial charge in [-0.05, 0) is 80.7 Å². The molecule has 9 heteroatoms. The van der Waals surface area contributed by atoms with Crippen LogP contribution in [0.2, 0.25) is 0 Å². The maximum Gasteiger partial charge on any atom is 0.417 e. The van der Waals surface area contributed by atoms with Crippen LogP contribution in [-0.2, 0) is 22.3 Å². The van der Waals surface area contributed by atoms with Crippen molar-refractivity contribution in [3.05, 3.63) is 59.2 Å². The molecule has 0 spiro atoms. The predicted molar refractivity (Wildman–Crippen MR) is 132 cm³/mol. The largest absolute Gasteiger partial charge is 0.417 e. The van der Waals surface area contributed by atoms with Crippen molar-refractivity contribution in [2.75, 3.05) is 32.8 Å². The van der Waals surface area contributed by atoms with Crippen LogP contribution < -0.4 is 4.89 Å². The summed E-state index contributed by atoms with van der Waals surface area (Å²) in [6.45, 7) is 4.07. The van der Waals surface area contributed by atoms with Gasteiger partial charge >= 0.3 is 6.18 Å². The summed E-state index contributed by atoms with van der Waals surface area (Å²) in [5.41, 5.74) is 0.538. The minimum atomic E-state index is -4.52. The molecule has 0 N–H and O–H groups in total. The van der Waals surface area contributed by atoms with Crippen LogP contribution in [0.1, 0.15) is 42.4 Å². The van der Waals surface area contributed by atoms with Crippen molar-refractivity contribution in [2.45, 2.75) is 54.1 Å². The number of halogens is 3. The molecular weight excluding hydrogens is 489 g/mol. The van der Waals surface area contributed by atoms with Crippen LogP contribution in [0, 0.1) is 0 Å². The number of piperidine rings is 1. The van der Waals surface area contributed by atoms with Crippen molar-refractivity contribution in [3.63, 3.8) is 0 Å². The van der Waals surface area contributed by atoms with E-state index in [4.69, 9.17) is 9.78 Å². The molecule has 2 saturated heterocycles. The molecule has 1 amide bonds. The fourth-order valence-corrected chi connectivity index (χ4v) is 6.08. The van der Waals surface area contributed by atoms with Gasteiger partial charge in [0.05, 0.1) is 12.2 Å². The molecule has 0 atom stereocenters. The first-order valence-electron chi connectivity index (χ1n) is 12.4. The molecule has 0 aromatic heterocycles. The number of nitrogens with zero attached hydrogens (tertiary/aromatic N) is 2. The third kappa shape index (κ3) is 5.90. The highest BCUT2D eigenvalue weighted by Gasteiger charge is 2.34. The summed E-state index contributed by atoms with van der Waals surface area (Å²) in [6, 6.07) is 10.0. The quantitative estimate of drug-likeness (QED) is 0.369. The van der Waals surface area contributed by atoms with E-state index in [1.54, 1.807) is 23.1 Å². The van der Waals surface area contributed by atoms with Gasteiger partial charge < -0.3 is 14.7 Å². The van der Waals surface area contributed by atoms with Crippen LogP contribution in [0.4, 0.5) is 13.2 Å². The van der Waals surface area contributed by atoms with Gasteiger partial charge in [0.25, 0.3) is 0 Å². The first-order valence-corrected chi connectivity index (χ1v) is 13.2. The number of amides is 1. The first-order chi connectivity index (χ1) is 17.4. The second-order valence-corrected chi connectivity index (χ2v) is 10.5. The summed E-state index contributed by atoms with van der Waals surface area (Å²) in [5.74, 6) is 0.439. The molecule has 2 fully saturated rings. The number of carbonyl (C=O) groups is 1. The summed E-state index contributed by atoms with van der Waals surface area (Å²) >= 11 is 1.06. The molecule has 0 unspecified atom stereocenters. The van der Waals surface area contributed by atoms with E-state index in [0.29, 0.717) is 48.4 Å². The van der Waals surface area contributed by atoms with Gasteiger partial charge in [0.15, 0.2) is 5.75 Å². The fourth-order valence-electron chi connectivity index (χ4n) is 5.07. The molecule has 0 aliphatic carbocycles. The number of hydrogen-bond acceptors (Lipinski definition) is 5. The second kappa shape index (κ2) is 10.9. The van der Waals surface area contributed by atoms with E-state index in [9.17, 15) is 18.0 Å². The van der Waals surface area contributed by atoms with Crippen molar-refractivity contribution in [1.29, 1.82) is 0 Å². The van der Waals surface area contributed by atoms with Crippen LogP contribution in [0.5, 0.6) is 5.75 Å². The minimum absolute atomic E-state index is 0.114. The fraction of sp³-hybridized carbons (Fsp3) is 0.444. The summed E-state index contributed by atoms with van der Waals surface area (Å²) in [6.07, 6.45) is 3.39. The van der Waals surface area contributed by atoms with Gasteiger partial charge in [0.2, 0.25) is 5.91 Å². The summed E-state index contributed by atoms with van der Waals surface area (Å²) < 4.78 is 41.7. The number of alkyl halides is 3. The molecule has 3 aliphatic heterocycles. The molecule has 2 aromatic carbocycles. The maximum atomic E-state index is 13.9. The Morgan fingerprint density at radius 3 is 2.56 bits per heavy atom. The van der Waals surface area contributed by atoms with Gasteiger partial charge in [-0.25, -0.2) is 0 Å². The monoisotopic (exact) mass is 518 g/mol. The Hall–Kier alpha value is -2.49. The average Bonchev–Trinajstić information content (AvgIpc) is 3.42. The number of benzene rings is 2. The van der Waals surface area contributed by atoms with Gasteiger partial charge in [-0.1, -0.05) is 17.8 Å². The summed E-state index contributed by atoms with van der Waals surface area (Å²) in [7, 11) is 0. The number of hydrogen-bond donors (Lipinski definition) is 0. The highest BCUT2D eigenvalue weighted by atomic mass is 32.2. The Labute approximate surface area is 213 Å². The van der Waals surface area contributed by atoms with E-state index < -0.39 is 11.7 Å². The Bertz CT molecular complexity index is 1120. The Morgan fingerprint density at radius 1 is 1.03 bits per heavy atom. The molecule has 2 aromatic rings. The van der Waals surface area contributed by atoms with Crippen molar-refractivity contribution in [2.24, 2.45) is 0 Å². The molecule has 3 heterocycles. The van der Waals surface area contributed by atoms with E-state index in [1.807, 2.05) is 6.07 Å². The van der Waals surface area contributed by atoms with Crippen LogP contribution in [0.3, 0.4) is 0 Å². The van der Waals surface area contributed by atoms with E-state index in [2.05, 4.69) is 4.90 Å². The SMILES string of the molecule is O=C(C=Cc1ccc(Sc2ccc3c(c2)CCOO3)c(C(F)(F)F)c1)N1CCC(N2CCCC2)CC1. The first kappa shape index (κ1) is 25.2. The highest BCUT2D eigenvalue weighted by Crippen LogP contribution is 2.41. The van der Waals surface area contributed by atoms with E-state index in [0.717, 1.165) is 49.3 Å². The van der Waals surface area contributed by atoms with Crippen LogP contribution >= 0.6 is 11.8 Å². The molecule has 5 nitrogen and oxygen atoms in total. The minimum Gasteiger partial charge on any atom is -0.339 e. The smallest absolute Gasteiger partial charge is 0.339 e. The van der Waals surface area contributed by atoms with Crippen LogP contribution in [0.15, 0.2) is 52.3 Å². The molecule has 192 valence electrons.